The van der Waals surface area contributed by atoms with E-state index >= 15 is 0 Å². The van der Waals surface area contributed by atoms with Gasteiger partial charge in [0.25, 0.3) is 0 Å². The predicted molar refractivity (Wildman–Crippen MR) is 84.0 cm³/mol. The van der Waals surface area contributed by atoms with Gasteiger partial charge in [-0.15, -0.1) is 0 Å². The minimum Gasteiger partial charge on any atom is -0.490 e. The molecule has 122 valence electrons. The minimum atomic E-state index is -0.528. The molecule has 3 N–H and O–H groups in total. The van der Waals surface area contributed by atoms with Gasteiger partial charge in [0.15, 0.2) is 0 Å². The lowest BCUT2D eigenvalue weighted by molar-refractivity contribution is -0.144. The first-order chi connectivity index (χ1) is 10.6. The normalized spacial score (nSPS) is 10.0. The zero-order chi connectivity index (χ0) is 16.2. The van der Waals surface area contributed by atoms with Crippen LogP contribution in [0.2, 0.25) is 5.02 Å². The number of amides is 2. The molecule has 0 spiro atoms. The Morgan fingerprint density at radius 2 is 1.82 bits per heavy atom. The number of esters is 1. The minimum absolute atomic E-state index is 0.213. The highest BCUT2D eigenvalue weighted by Crippen LogP contribution is 2.15. The van der Waals surface area contributed by atoms with Gasteiger partial charge in [0.1, 0.15) is 19.0 Å². The number of rotatable bonds is 10. The third kappa shape index (κ3) is 9.07. The molecule has 0 heterocycles. The Balaban J connectivity index is 1.97. The lowest BCUT2D eigenvalue weighted by Gasteiger charge is -2.07. The second kappa shape index (κ2) is 10.7. The van der Waals surface area contributed by atoms with Gasteiger partial charge in [-0.1, -0.05) is 18.0 Å². The SMILES string of the molecule is NC(=O)NCCCCCC(=O)OCCOc1ccc(Cl)cc1. The van der Waals surface area contributed by atoms with Gasteiger partial charge in [-0.05, 0) is 37.1 Å². The van der Waals surface area contributed by atoms with Crippen LogP contribution in [0.3, 0.4) is 0 Å². The Bertz CT molecular complexity index is 465. The molecule has 6 nitrogen and oxygen atoms in total. The standard InChI is InChI=1S/C15H21ClN2O4/c16-12-5-7-13(8-6-12)21-10-11-22-14(19)4-2-1-3-9-18-15(17)20/h5-8H,1-4,9-11H2,(H3,17,18,20). The lowest BCUT2D eigenvalue weighted by atomic mass is 10.2. The smallest absolute Gasteiger partial charge is 0.312 e. The van der Waals surface area contributed by atoms with Gasteiger partial charge < -0.3 is 20.5 Å². The zero-order valence-corrected chi connectivity index (χ0v) is 13.1. The molecule has 22 heavy (non-hydrogen) atoms. The maximum atomic E-state index is 11.5. The van der Waals surface area contributed by atoms with E-state index in [1.54, 1.807) is 24.3 Å². The van der Waals surface area contributed by atoms with Crippen molar-refractivity contribution < 1.29 is 19.1 Å². The number of carbonyl (C=O) groups excluding carboxylic acids is 2. The van der Waals surface area contributed by atoms with Crippen LogP contribution in [0.25, 0.3) is 0 Å². The number of primary amides is 1. The van der Waals surface area contributed by atoms with E-state index in [9.17, 15) is 9.59 Å². The van der Waals surface area contributed by atoms with Crippen molar-refractivity contribution in [3.8, 4) is 5.75 Å². The number of benzene rings is 1. The number of nitrogens with one attached hydrogen (secondary N) is 1. The largest absolute Gasteiger partial charge is 0.490 e. The molecule has 1 aromatic rings. The summed E-state index contributed by atoms with van der Waals surface area (Å²) in [7, 11) is 0. The van der Waals surface area contributed by atoms with E-state index in [0.29, 0.717) is 30.3 Å². The number of hydrogen-bond acceptors (Lipinski definition) is 4. The summed E-state index contributed by atoms with van der Waals surface area (Å²) >= 11 is 5.76. The molecule has 1 aromatic carbocycles. The topological polar surface area (TPSA) is 90.7 Å². The molecule has 1 rings (SSSR count). The molecule has 0 aliphatic rings. The van der Waals surface area contributed by atoms with Crippen LogP contribution in [0.5, 0.6) is 5.75 Å². The van der Waals surface area contributed by atoms with Crippen molar-refractivity contribution in [1.82, 2.24) is 5.32 Å². The summed E-state index contributed by atoms with van der Waals surface area (Å²) in [5.41, 5.74) is 4.93. The van der Waals surface area contributed by atoms with Crippen molar-refractivity contribution in [2.24, 2.45) is 5.73 Å². The van der Waals surface area contributed by atoms with Crippen molar-refractivity contribution in [3.05, 3.63) is 29.3 Å². The van der Waals surface area contributed by atoms with Gasteiger partial charge in [-0.25, -0.2) is 4.79 Å². The van der Waals surface area contributed by atoms with Crippen LogP contribution in [0, 0.1) is 0 Å². The van der Waals surface area contributed by atoms with E-state index in [-0.39, 0.29) is 12.6 Å². The highest BCUT2D eigenvalue weighted by atomic mass is 35.5. The van der Waals surface area contributed by atoms with Crippen molar-refractivity contribution in [2.75, 3.05) is 19.8 Å². The summed E-state index contributed by atoms with van der Waals surface area (Å²) in [6.07, 6.45) is 2.70. The zero-order valence-electron chi connectivity index (χ0n) is 12.3. The number of urea groups is 1. The molecule has 0 bridgehead atoms. The molecule has 0 aromatic heterocycles. The highest BCUT2D eigenvalue weighted by molar-refractivity contribution is 6.30. The second-order valence-electron chi connectivity index (χ2n) is 4.62. The van der Waals surface area contributed by atoms with Crippen LogP contribution in [-0.2, 0) is 9.53 Å². The number of carbonyl (C=O) groups is 2. The van der Waals surface area contributed by atoms with Gasteiger partial charge >= 0.3 is 12.0 Å². The fourth-order valence-electron chi connectivity index (χ4n) is 1.70. The molecule has 7 heteroatoms. The highest BCUT2D eigenvalue weighted by Gasteiger charge is 2.03. The molecule has 0 aliphatic heterocycles. The first-order valence-corrected chi connectivity index (χ1v) is 7.53. The Morgan fingerprint density at radius 1 is 1.09 bits per heavy atom. The van der Waals surface area contributed by atoms with E-state index in [0.717, 1.165) is 19.3 Å². The third-order valence-electron chi connectivity index (χ3n) is 2.79. The Labute approximate surface area is 134 Å². The molecule has 0 radical (unpaired) electrons. The van der Waals surface area contributed by atoms with Crippen molar-refractivity contribution >= 4 is 23.6 Å². The molecule has 0 unspecified atom stereocenters. The first-order valence-electron chi connectivity index (χ1n) is 7.15. The average molecular weight is 329 g/mol. The summed E-state index contributed by atoms with van der Waals surface area (Å²) in [6, 6.07) is 6.45. The molecule has 0 aliphatic carbocycles. The van der Waals surface area contributed by atoms with Crippen LogP contribution in [-0.4, -0.2) is 31.8 Å². The fourth-order valence-corrected chi connectivity index (χ4v) is 1.83. The van der Waals surface area contributed by atoms with E-state index in [1.165, 1.54) is 0 Å². The van der Waals surface area contributed by atoms with Crippen molar-refractivity contribution in [1.29, 1.82) is 0 Å². The summed E-state index contributed by atoms with van der Waals surface area (Å²) in [6.45, 7) is 1.04. The van der Waals surface area contributed by atoms with Gasteiger partial charge in [0.2, 0.25) is 0 Å². The average Bonchev–Trinajstić information content (AvgIpc) is 2.49. The number of nitrogens with two attached hydrogens (primary N) is 1. The van der Waals surface area contributed by atoms with Crippen LogP contribution in [0.1, 0.15) is 25.7 Å². The quantitative estimate of drug-likeness (QED) is 0.510. The third-order valence-corrected chi connectivity index (χ3v) is 3.04. The van der Waals surface area contributed by atoms with Crippen LogP contribution < -0.4 is 15.8 Å². The van der Waals surface area contributed by atoms with Gasteiger partial charge in [-0.2, -0.15) is 0 Å². The number of unbranched alkanes of at least 4 members (excludes halogenated alkanes) is 2. The molecule has 0 atom stereocenters. The fraction of sp³-hybridized carbons (Fsp3) is 0.467. The van der Waals surface area contributed by atoms with E-state index in [2.05, 4.69) is 5.32 Å². The summed E-state index contributed by atoms with van der Waals surface area (Å²) in [5, 5.41) is 3.14. The van der Waals surface area contributed by atoms with Gasteiger partial charge in [0, 0.05) is 18.0 Å². The maximum Gasteiger partial charge on any atom is 0.312 e. The number of ether oxygens (including phenoxy) is 2. The monoisotopic (exact) mass is 328 g/mol. The van der Waals surface area contributed by atoms with Crippen molar-refractivity contribution in [3.63, 3.8) is 0 Å². The second-order valence-corrected chi connectivity index (χ2v) is 5.06. The molecule has 0 fully saturated rings. The van der Waals surface area contributed by atoms with E-state index in [4.69, 9.17) is 26.8 Å². The molecule has 2 amide bonds. The molecular formula is C15H21ClN2O4. The summed E-state index contributed by atoms with van der Waals surface area (Å²) < 4.78 is 10.5. The predicted octanol–water partition coefficient (Wildman–Crippen LogP) is 2.49. The number of halogens is 1. The Hall–Kier alpha value is -1.95. The first kappa shape index (κ1) is 18.1. The molecule has 0 saturated carbocycles. The van der Waals surface area contributed by atoms with Gasteiger partial charge in [0.05, 0.1) is 0 Å². The summed E-state index contributed by atoms with van der Waals surface area (Å²) in [4.78, 5) is 21.9. The Morgan fingerprint density at radius 3 is 2.50 bits per heavy atom. The Kier molecular flexibility index (Phi) is 8.83. The van der Waals surface area contributed by atoms with E-state index in [1.807, 2.05) is 0 Å². The lowest BCUT2D eigenvalue weighted by Crippen LogP contribution is -2.29. The van der Waals surface area contributed by atoms with Gasteiger partial charge in [-0.3, -0.25) is 4.79 Å². The number of hydrogen-bond donors (Lipinski definition) is 2. The summed E-state index contributed by atoms with van der Waals surface area (Å²) in [5.74, 6) is 0.435. The molecular weight excluding hydrogens is 308 g/mol. The van der Waals surface area contributed by atoms with Crippen LogP contribution >= 0.6 is 11.6 Å². The molecule has 0 saturated heterocycles. The van der Waals surface area contributed by atoms with Crippen molar-refractivity contribution in [2.45, 2.75) is 25.7 Å². The van der Waals surface area contributed by atoms with Crippen LogP contribution in [0.4, 0.5) is 4.79 Å². The van der Waals surface area contributed by atoms with Crippen LogP contribution in [0.15, 0.2) is 24.3 Å². The maximum absolute atomic E-state index is 11.5. The van der Waals surface area contributed by atoms with E-state index < -0.39 is 6.03 Å².